The van der Waals surface area contributed by atoms with Crippen LogP contribution in [0, 0.1) is 5.92 Å². The second-order valence-corrected chi connectivity index (χ2v) is 5.25. The molecule has 2 unspecified atom stereocenters. The predicted molar refractivity (Wildman–Crippen MR) is 64.6 cm³/mol. The van der Waals surface area contributed by atoms with Crippen molar-refractivity contribution in [2.75, 3.05) is 20.2 Å². The first kappa shape index (κ1) is 12.8. The first-order valence-electron chi connectivity index (χ1n) is 6.72. The number of hydrogen-bond donors (Lipinski definition) is 1. The Morgan fingerprint density at radius 2 is 1.82 bits per heavy atom. The van der Waals surface area contributed by atoms with Crippen molar-refractivity contribution in [3.8, 4) is 0 Å². The average molecular weight is 241 g/mol. The number of ether oxygens (including phenoxy) is 1. The molecule has 98 valence electrons. The molecule has 4 heteroatoms. The number of nitrogens with zero attached hydrogens (tertiary/aromatic N) is 1. The summed E-state index contributed by atoms with van der Waals surface area (Å²) in [5, 5.41) is 10.0. The summed E-state index contributed by atoms with van der Waals surface area (Å²) < 4.78 is 4.78. The van der Waals surface area contributed by atoms with Crippen molar-refractivity contribution in [1.29, 1.82) is 0 Å². The summed E-state index contributed by atoms with van der Waals surface area (Å²) in [6, 6.07) is 0.322. The molecule has 2 aliphatic rings. The van der Waals surface area contributed by atoms with E-state index < -0.39 is 0 Å². The molecule has 1 saturated carbocycles. The molecular weight excluding hydrogens is 218 g/mol. The second-order valence-electron chi connectivity index (χ2n) is 5.25. The van der Waals surface area contributed by atoms with Gasteiger partial charge >= 0.3 is 5.97 Å². The van der Waals surface area contributed by atoms with Crippen LogP contribution in [0.25, 0.3) is 0 Å². The van der Waals surface area contributed by atoms with Gasteiger partial charge in [-0.25, -0.2) is 0 Å². The van der Waals surface area contributed by atoms with Crippen LogP contribution < -0.4 is 0 Å². The fourth-order valence-electron chi connectivity index (χ4n) is 3.15. The molecule has 0 bridgehead atoms. The summed E-state index contributed by atoms with van der Waals surface area (Å²) in [5.74, 6) is -0.00849. The number of rotatable bonds is 2. The van der Waals surface area contributed by atoms with Crippen LogP contribution in [0.3, 0.4) is 0 Å². The molecule has 4 nitrogen and oxygen atoms in total. The summed E-state index contributed by atoms with van der Waals surface area (Å²) in [4.78, 5) is 13.8. The van der Waals surface area contributed by atoms with Crippen molar-refractivity contribution in [1.82, 2.24) is 4.90 Å². The summed E-state index contributed by atoms with van der Waals surface area (Å²) in [6.07, 6.45) is 5.98. The highest BCUT2D eigenvalue weighted by Gasteiger charge is 2.33. The van der Waals surface area contributed by atoms with Crippen LogP contribution in [0.5, 0.6) is 0 Å². The van der Waals surface area contributed by atoms with Crippen LogP contribution in [0.1, 0.15) is 38.5 Å². The number of carbonyl (C=O) groups excluding carboxylic acids is 1. The number of methoxy groups -OCH3 is 1. The molecule has 1 N–H and O–H groups in total. The number of esters is 1. The van der Waals surface area contributed by atoms with E-state index in [2.05, 4.69) is 4.90 Å². The van der Waals surface area contributed by atoms with Crippen molar-refractivity contribution in [2.24, 2.45) is 5.92 Å². The van der Waals surface area contributed by atoms with Crippen LogP contribution in [0.4, 0.5) is 0 Å². The maximum absolute atomic E-state index is 11.4. The van der Waals surface area contributed by atoms with E-state index >= 15 is 0 Å². The lowest BCUT2D eigenvalue weighted by Crippen LogP contribution is -2.49. The number of aliphatic hydroxyl groups excluding tert-OH is 1. The van der Waals surface area contributed by atoms with Gasteiger partial charge in [0.2, 0.25) is 0 Å². The standard InChI is InChI=1S/C13H23NO3/c1-17-13(16)10-6-8-14(9-7-10)11-4-2-3-5-12(11)15/h10-12,15H,2-9H2,1H3. The van der Waals surface area contributed by atoms with E-state index in [-0.39, 0.29) is 18.0 Å². The molecule has 2 fully saturated rings. The third-order valence-electron chi connectivity index (χ3n) is 4.23. The first-order chi connectivity index (χ1) is 8.22. The predicted octanol–water partition coefficient (Wildman–Crippen LogP) is 1.17. The summed E-state index contributed by atoms with van der Waals surface area (Å²) in [6.45, 7) is 1.84. The molecule has 0 aromatic heterocycles. The van der Waals surface area contributed by atoms with Crippen molar-refractivity contribution >= 4 is 5.97 Å². The lowest BCUT2D eigenvalue weighted by molar-refractivity contribution is -0.147. The molecule has 1 aliphatic carbocycles. The van der Waals surface area contributed by atoms with E-state index in [9.17, 15) is 9.90 Å². The van der Waals surface area contributed by atoms with E-state index in [1.807, 2.05) is 0 Å². The fraction of sp³-hybridized carbons (Fsp3) is 0.923. The zero-order valence-electron chi connectivity index (χ0n) is 10.6. The first-order valence-corrected chi connectivity index (χ1v) is 6.72. The lowest BCUT2D eigenvalue weighted by atomic mass is 9.88. The van der Waals surface area contributed by atoms with Gasteiger partial charge < -0.3 is 9.84 Å². The Hall–Kier alpha value is -0.610. The number of aliphatic hydroxyl groups is 1. The Labute approximate surface area is 103 Å². The van der Waals surface area contributed by atoms with Gasteiger partial charge in [-0.15, -0.1) is 0 Å². The van der Waals surface area contributed by atoms with Crippen LogP contribution in [-0.4, -0.2) is 48.3 Å². The third kappa shape index (κ3) is 2.99. The number of piperidine rings is 1. The lowest BCUT2D eigenvalue weighted by Gasteiger charge is -2.41. The highest BCUT2D eigenvalue weighted by atomic mass is 16.5. The van der Waals surface area contributed by atoms with Gasteiger partial charge in [-0.3, -0.25) is 9.69 Å². The second kappa shape index (κ2) is 5.83. The van der Waals surface area contributed by atoms with Gasteiger partial charge in [0.05, 0.1) is 19.1 Å². The van der Waals surface area contributed by atoms with Crippen molar-refractivity contribution in [3.63, 3.8) is 0 Å². The molecule has 2 rings (SSSR count). The topological polar surface area (TPSA) is 49.8 Å². The fourth-order valence-corrected chi connectivity index (χ4v) is 3.15. The molecule has 0 radical (unpaired) electrons. The Bertz CT molecular complexity index is 261. The molecule has 0 spiro atoms. The average Bonchev–Trinajstić information content (AvgIpc) is 2.39. The van der Waals surface area contributed by atoms with Gasteiger partial charge in [0.15, 0.2) is 0 Å². The maximum atomic E-state index is 11.4. The Balaban J connectivity index is 1.83. The summed E-state index contributed by atoms with van der Waals surface area (Å²) in [7, 11) is 1.46. The van der Waals surface area contributed by atoms with Gasteiger partial charge in [-0.05, 0) is 38.8 Å². The van der Waals surface area contributed by atoms with Gasteiger partial charge in [-0.2, -0.15) is 0 Å². The van der Waals surface area contributed by atoms with Gasteiger partial charge in [-0.1, -0.05) is 12.8 Å². The van der Waals surface area contributed by atoms with E-state index in [4.69, 9.17) is 4.74 Å². The number of hydrogen-bond acceptors (Lipinski definition) is 4. The Morgan fingerprint density at radius 1 is 1.18 bits per heavy atom. The Kier molecular flexibility index (Phi) is 4.40. The third-order valence-corrected chi connectivity index (χ3v) is 4.23. The minimum Gasteiger partial charge on any atom is -0.469 e. The minimum absolute atomic E-state index is 0.0667. The molecule has 1 heterocycles. The van der Waals surface area contributed by atoms with Gasteiger partial charge in [0.25, 0.3) is 0 Å². The highest BCUT2D eigenvalue weighted by molar-refractivity contribution is 5.72. The molecule has 1 saturated heterocycles. The van der Waals surface area contributed by atoms with Crippen molar-refractivity contribution < 1.29 is 14.6 Å². The van der Waals surface area contributed by atoms with Crippen LogP contribution >= 0.6 is 0 Å². The van der Waals surface area contributed by atoms with Gasteiger partial charge in [0, 0.05) is 6.04 Å². The monoisotopic (exact) mass is 241 g/mol. The normalized spacial score (nSPS) is 32.4. The quantitative estimate of drug-likeness (QED) is 0.737. The maximum Gasteiger partial charge on any atom is 0.308 e. The molecular formula is C13H23NO3. The van der Waals surface area contributed by atoms with E-state index in [1.54, 1.807) is 0 Å². The summed E-state index contributed by atoms with van der Waals surface area (Å²) in [5.41, 5.74) is 0. The van der Waals surface area contributed by atoms with E-state index in [1.165, 1.54) is 13.5 Å². The molecule has 1 aliphatic heterocycles. The highest BCUT2D eigenvalue weighted by Crippen LogP contribution is 2.27. The van der Waals surface area contributed by atoms with Crippen molar-refractivity contribution in [2.45, 2.75) is 50.7 Å². The SMILES string of the molecule is COC(=O)C1CCN(C2CCCCC2O)CC1. The molecule has 0 aromatic carbocycles. The van der Waals surface area contributed by atoms with Crippen LogP contribution in [0.2, 0.25) is 0 Å². The van der Waals surface area contributed by atoms with Crippen LogP contribution in [0.15, 0.2) is 0 Å². The molecule has 2 atom stereocenters. The Morgan fingerprint density at radius 3 is 2.41 bits per heavy atom. The zero-order valence-corrected chi connectivity index (χ0v) is 10.6. The van der Waals surface area contributed by atoms with E-state index in [0.717, 1.165) is 45.2 Å². The number of carbonyl (C=O) groups is 1. The molecule has 17 heavy (non-hydrogen) atoms. The van der Waals surface area contributed by atoms with Crippen molar-refractivity contribution in [3.05, 3.63) is 0 Å². The smallest absolute Gasteiger partial charge is 0.308 e. The van der Waals surface area contributed by atoms with E-state index in [0.29, 0.717) is 6.04 Å². The number of likely N-dealkylation sites (tertiary alicyclic amines) is 1. The van der Waals surface area contributed by atoms with Crippen LogP contribution in [-0.2, 0) is 9.53 Å². The largest absolute Gasteiger partial charge is 0.469 e. The minimum atomic E-state index is -0.168. The van der Waals surface area contributed by atoms with Gasteiger partial charge in [0.1, 0.15) is 0 Å². The molecule has 0 amide bonds. The summed E-state index contributed by atoms with van der Waals surface area (Å²) >= 11 is 0. The molecule has 0 aromatic rings. The zero-order chi connectivity index (χ0) is 12.3.